The second-order valence-corrected chi connectivity index (χ2v) is 10.3. The molecule has 0 saturated heterocycles. The fourth-order valence-corrected chi connectivity index (χ4v) is 5.28. The molecule has 1 amide bonds. The van der Waals surface area contributed by atoms with Crippen molar-refractivity contribution in [2.24, 2.45) is 5.10 Å². The number of hydrogen-bond acceptors (Lipinski definition) is 7. The van der Waals surface area contributed by atoms with Gasteiger partial charge in [0.1, 0.15) is 12.3 Å². The zero-order valence-electron chi connectivity index (χ0n) is 18.3. The Morgan fingerprint density at radius 2 is 1.89 bits per heavy atom. The van der Waals surface area contributed by atoms with Crippen LogP contribution in [0.15, 0.2) is 75.1 Å². The SMILES string of the molecule is COc1ccc(Cl)cc1N(CC(=O)NN=Cc1cc2c(cc1Br)OCO2)S(=O)(=O)c1ccccc1. The average molecular weight is 581 g/mol. The molecule has 1 aliphatic heterocycles. The van der Waals surface area contributed by atoms with E-state index in [-0.39, 0.29) is 28.1 Å². The summed E-state index contributed by atoms with van der Waals surface area (Å²) >= 11 is 9.54. The lowest BCUT2D eigenvalue weighted by Gasteiger charge is -2.25. The molecule has 0 atom stereocenters. The number of methoxy groups -OCH3 is 1. The van der Waals surface area contributed by atoms with Gasteiger partial charge in [0.05, 0.1) is 23.9 Å². The smallest absolute Gasteiger partial charge is 0.264 e. The van der Waals surface area contributed by atoms with Crippen LogP contribution in [0.4, 0.5) is 5.69 Å². The van der Waals surface area contributed by atoms with Crippen LogP contribution in [-0.4, -0.2) is 41.0 Å². The van der Waals surface area contributed by atoms with Crippen LogP contribution in [0.5, 0.6) is 17.2 Å². The largest absolute Gasteiger partial charge is 0.495 e. The van der Waals surface area contributed by atoms with Gasteiger partial charge in [-0.3, -0.25) is 9.10 Å². The summed E-state index contributed by atoms with van der Waals surface area (Å²) in [7, 11) is -2.75. The average Bonchev–Trinajstić information content (AvgIpc) is 3.30. The number of ether oxygens (including phenoxy) is 3. The lowest BCUT2D eigenvalue weighted by Crippen LogP contribution is -2.39. The van der Waals surface area contributed by atoms with Crippen LogP contribution < -0.4 is 23.9 Å². The molecule has 0 aromatic heterocycles. The highest BCUT2D eigenvalue weighted by molar-refractivity contribution is 9.10. The fraction of sp³-hybridized carbons (Fsp3) is 0.130. The summed E-state index contributed by atoms with van der Waals surface area (Å²) in [4.78, 5) is 12.8. The standard InChI is InChI=1S/C23H19BrClN3O6S/c1-32-20-8-7-16(25)10-19(20)28(35(30,31)17-5-3-2-4-6-17)13-23(29)27-26-12-15-9-21-22(11-18(15)24)34-14-33-21/h2-12H,13-14H2,1H3,(H,27,29). The zero-order valence-corrected chi connectivity index (χ0v) is 21.4. The van der Waals surface area contributed by atoms with Gasteiger partial charge in [0.15, 0.2) is 11.5 Å². The second kappa shape index (κ2) is 10.5. The van der Waals surface area contributed by atoms with E-state index in [1.807, 2.05) is 0 Å². The van der Waals surface area contributed by atoms with Crippen molar-refractivity contribution < 1.29 is 27.4 Å². The number of hydrogen-bond donors (Lipinski definition) is 1. The van der Waals surface area contributed by atoms with Gasteiger partial charge in [0.2, 0.25) is 6.79 Å². The molecule has 0 radical (unpaired) electrons. The van der Waals surface area contributed by atoms with Crippen molar-refractivity contribution in [3.8, 4) is 17.2 Å². The third-order valence-electron chi connectivity index (χ3n) is 4.91. The van der Waals surface area contributed by atoms with Crippen LogP contribution in [0.1, 0.15) is 5.56 Å². The van der Waals surface area contributed by atoms with E-state index in [1.54, 1.807) is 36.4 Å². The molecule has 0 saturated carbocycles. The molecule has 1 aliphatic rings. The third kappa shape index (κ3) is 5.53. The summed E-state index contributed by atoms with van der Waals surface area (Å²) < 4.78 is 44.5. The number of carbonyl (C=O) groups excluding carboxylic acids is 1. The van der Waals surface area contributed by atoms with Gasteiger partial charge in [-0.15, -0.1) is 0 Å². The first-order valence-electron chi connectivity index (χ1n) is 10.1. The van der Waals surface area contributed by atoms with E-state index in [1.165, 1.54) is 37.6 Å². The van der Waals surface area contributed by atoms with E-state index in [0.717, 1.165) is 4.31 Å². The molecule has 12 heteroatoms. The maximum Gasteiger partial charge on any atom is 0.264 e. The molecule has 3 aromatic carbocycles. The van der Waals surface area contributed by atoms with Gasteiger partial charge in [0.25, 0.3) is 15.9 Å². The number of benzene rings is 3. The van der Waals surface area contributed by atoms with Crippen LogP contribution >= 0.6 is 27.5 Å². The van der Waals surface area contributed by atoms with Crippen molar-refractivity contribution in [1.82, 2.24) is 5.43 Å². The van der Waals surface area contributed by atoms with Crippen molar-refractivity contribution in [2.45, 2.75) is 4.90 Å². The molecule has 182 valence electrons. The lowest BCUT2D eigenvalue weighted by molar-refractivity contribution is -0.119. The van der Waals surface area contributed by atoms with Crippen LogP contribution in [0.2, 0.25) is 5.02 Å². The molecule has 0 bridgehead atoms. The van der Waals surface area contributed by atoms with E-state index < -0.39 is 22.5 Å². The Hall–Kier alpha value is -3.28. The Morgan fingerprint density at radius 1 is 1.17 bits per heavy atom. The summed E-state index contributed by atoms with van der Waals surface area (Å²) in [5.41, 5.74) is 3.10. The molecule has 0 fully saturated rings. The first kappa shape index (κ1) is 24.8. The van der Waals surface area contributed by atoms with E-state index in [9.17, 15) is 13.2 Å². The fourth-order valence-electron chi connectivity index (χ4n) is 3.25. The van der Waals surface area contributed by atoms with Crippen molar-refractivity contribution >= 4 is 55.4 Å². The summed E-state index contributed by atoms with van der Waals surface area (Å²) in [6, 6.07) is 15.7. The minimum absolute atomic E-state index is 0.00243. The number of nitrogens with one attached hydrogen (secondary N) is 1. The molecule has 0 spiro atoms. The summed E-state index contributed by atoms with van der Waals surface area (Å²) in [5, 5.41) is 4.24. The predicted octanol–water partition coefficient (Wildman–Crippen LogP) is 4.19. The number of halogens is 2. The van der Waals surface area contributed by atoms with E-state index in [2.05, 4.69) is 26.5 Å². The third-order valence-corrected chi connectivity index (χ3v) is 7.61. The maximum absolute atomic E-state index is 13.5. The molecule has 1 N–H and O–H groups in total. The molecule has 35 heavy (non-hydrogen) atoms. The van der Waals surface area contributed by atoms with Gasteiger partial charge in [-0.05, 0) is 58.4 Å². The number of fused-ring (bicyclic) bond motifs is 1. The number of hydrazone groups is 1. The molecule has 0 unspecified atom stereocenters. The van der Waals surface area contributed by atoms with E-state index in [4.69, 9.17) is 25.8 Å². The topological polar surface area (TPSA) is 107 Å². The Labute approximate surface area is 215 Å². The number of anilines is 1. The monoisotopic (exact) mass is 579 g/mol. The van der Waals surface area contributed by atoms with Crippen LogP contribution in [0.3, 0.4) is 0 Å². The number of nitrogens with zero attached hydrogens (tertiary/aromatic N) is 2. The van der Waals surface area contributed by atoms with Crippen LogP contribution in [0.25, 0.3) is 0 Å². The highest BCUT2D eigenvalue weighted by atomic mass is 79.9. The van der Waals surface area contributed by atoms with E-state index in [0.29, 0.717) is 21.5 Å². The summed E-state index contributed by atoms with van der Waals surface area (Å²) in [5.74, 6) is 0.693. The van der Waals surface area contributed by atoms with Crippen molar-refractivity contribution in [2.75, 3.05) is 24.8 Å². The highest BCUT2D eigenvalue weighted by Gasteiger charge is 2.29. The van der Waals surface area contributed by atoms with Crippen molar-refractivity contribution in [3.05, 3.63) is 75.7 Å². The minimum atomic E-state index is -4.15. The molecule has 4 rings (SSSR count). The van der Waals surface area contributed by atoms with Gasteiger partial charge in [-0.2, -0.15) is 5.10 Å². The Morgan fingerprint density at radius 3 is 2.60 bits per heavy atom. The van der Waals surface area contributed by atoms with Crippen LogP contribution in [0, 0.1) is 0 Å². The summed E-state index contributed by atoms with van der Waals surface area (Å²) in [6.07, 6.45) is 1.40. The first-order valence-corrected chi connectivity index (χ1v) is 12.7. The molecule has 9 nitrogen and oxygen atoms in total. The minimum Gasteiger partial charge on any atom is -0.495 e. The normalized spacial score (nSPS) is 12.5. The highest BCUT2D eigenvalue weighted by Crippen LogP contribution is 2.36. The number of rotatable bonds is 8. The molecule has 3 aromatic rings. The van der Waals surface area contributed by atoms with Gasteiger partial charge >= 0.3 is 0 Å². The summed E-state index contributed by atoms with van der Waals surface area (Å²) in [6.45, 7) is -0.453. The predicted molar refractivity (Wildman–Crippen MR) is 135 cm³/mol. The van der Waals surface area contributed by atoms with Gasteiger partial charge < -0.3 is 14.2 Å². The quantitative estimate of drug-likeness (QED) is 0.316. The zero-order chi connectivity index (χ0) is 25.0. The molecule has 1 heterocycles. The van der Waals surface area contributed by atoms with E-state index >= 15 is 0 Å². The van der Waals surface area contributed by atoms with Gasteiger partial charge in [-0.1, -0.05) is 29.8 Å². The Balaban J connectivity index is 1.60. The molecular formula is C23H19BrClN3O6S. The van der Waals surface area contributed by atoms with Gasteiger partial charge in [-0.25, -0.2) is 13.8 Å². The second-order valence-electron chi connectivity index (χ2n) is 7.16. The number of amides is 1. The van der Waals surface area contributed by atoms with Crippen molar-refractivity contribution in [3.63, 3.8) is 0 Å². The number of sulfonamides is 1. The lowest BCUT2D eigenvalue weighted by atomic mass is 10.2. The number of carbonyl (C=O) groups is 1. The van der Waals surface area contributed by atoms with Gasteiger partial charge in [0, 0.05) is 15.1 Å². The molecule has 0 aliphatic carbocycles. The maximum atomic E-state index is 13.5. The Bertz CT molecular complexity index is 1390. The van der Waals surface area contributed by atoms with Crippen LogP contribution in [-0.2, 0) is 14.8 Å². The first-order chi connectivity index (χ1) is 16.8. The van der Waals surface area contributed by atoms with Crippen molar-refractivity contribution in [1.29, 1.82) is 0 Å². The molecular weight excluding hydrogens is 562 g/mol. The Kier molecular flexibility index (Phi) is 7.48.